The molecule has 0 saturated heterocycles. The predicted molar refractivity (Wildman–Crippen MR) is 57.4 cm³/mol. The fourth-order valence-corrected chi connectivity index (χ4v) is 1.72. The van der Waals surface area contributed by atoms with E-state index in [1.54, 1.807) is 12.4 Å². The maximum atomic E-state index is 5.58. The number of aromatic nitrogens is 2. The molecular formula is C11H17N3O. The van der Waals surface area contributed by atoms with Gasteiger partial charge in [0.25, 0.3) is 0 Å². The zero-order valence-electron chi connectivity index (χ0n) is 8.85. The van der Waals surface area contributed by atoms with Crippen LogP contribution < -0.4 is 10.5 Å². The molecular weight excluding hydrogens is 190 g/mol. The summed E-state index contributed by atoms with van der Waals surface area (Å²) in [6.07, 6.45) is 8.49. The minimum atomic E-state index is 0.382. The molecule has 82 valence electrons. The molecule has 4 heteroatoms. The molecule has 4 nitrogen and oxygen atoms in total. The Hall–Kier alpha value is -1.16. The van der Waals surface area contributed by atoms with Crippen LogP contribution in [0.5, 0.6) is 5.88 Å². The lowest BCUT2D eigenvalue weighted by atomic mass is 9.83. The third-order valence-electron chi connectivity index (χ3n) is 2.92. The molecule has 2 rings (SSSR count). The average molecular weight is 207 g/mol. The first kappa shape index (κ1) is 10.4. The van der Waals surface area contributed by atoms with Gasteiger partial charge in [-0.25, -0.2) is 4.98 Å². The minimum absolute atomic E-state index is 0.382. The number of ether oxygens (including phenoxy) is 1. The van der Waals surface area contributed by atoms with Crippen molar-refractivity contribution in [1.82, 2.24) is 9.97 Å². The van der Waals surface area contributed by atoms with Gasteiger partial charge in [-0.3, -0.25) is 4.98 Å². The number of rotatable bonds is 5. The topological polar surface area (TPSA) is 61.0 Å². The van der Waals surface area contributed by atoms with Gasteiger partial charge < -0.3 is 10.5 Å². The van der Waals surface area contributed by atoms with Crippen LogP contribution in [0.25, 0.3) is 0 Å². The zero-order valence-corrected chi connectivity index (χ0v) is 8.85. The van der Waals surface area contributed by atoms with E-state index < -0.39 is 0 Å². The summed E-state index contributed by atoms with van der Waals surface area (Å²) in [4.78, 5) is 8.24. The molecule has 0 spiro atoms. The lowest BCUT2D eigenvalue weighted by Gasteiger charge is -2.24. The first-order chi connectivity index (χ1) is 7.40. The average Bonchev–Trinajstić information content (AvgIpc) is 2.22. The number of hydrogen-bond acceptors (Lipinski definition) is 4. The normalized spacial score (nSPS) is 16.1. The van der Waals surface area contributed by atoms with Crippen LogP contribution in [0.3, 0.4) is 0 Å². The van der Waals surface area contributed by atoms with E-state index >= 15 is 0 Å². The van der Waals surface area contributed by atoms with Gasteiger partial charge in [-0.15, -0.1) is 0 Å². The van der Waals surface area contributed by atoms with E-state index in [2.05, 4.69) is 9.97 Å². The molecule has 0 aromatic carbocycles. The second-order valence-electron chi connectivity index (χ2n) is 3.95. The fraction of sp³-hybridized carbons (Fsp3) is 0.636. The van der Waals surface area contributed by atoms with Gasteiger partial charge in [-0.1, -0.05) is 19.3 Å². The first-order valence-electron chi connectivity index (χ1n) is 5.53. The quantitative estimate of drug-likeness (QED) is 0.795. The van der Waals surface area contributed by atoms with E-state index in [0.717, 1.165) is 24.6 Å². The first-order valence-corrected chi connectivity index (χ1v) is 5.53. The maximum absolute atomic E-state index is 5.58. The predicted octanol–water partition coefficient (Wildman–Crippen LogP) is 1.50. The molecule has 2 N–H and O–H groups in total. The van der Waals surface area contributed by atoms with Crippen molar-refractivity contribution in [2.45, 2.75) is 32.2 Å². The molecule has 1 aliphatic carbocycles. The van der Waals surface area contributed by atoms with Gasteiger partial charge in [0.1, 0.15) is 5.69 Å². The van der Waals surface area contributed by atoms with Crippen LogP contribution >= 0.6 is 0 Å². The summed E-state index contributed by atoms with van der Waals surface area (Å²) in [6, 6.07) is 0. The minimum Gasteiger partial charge on any atom is -0.476 e. The Morgan fingerprint density at radius 1 is 1.33 bits per heavy atom. The Morgan fingerprint density at radius 3 is 2.80 bits per heavy atom. The molecule has 1 saturated carbocycles. The molecule has 15 heavy (non-hydrogen) atoms. The van der Waals surface area contributed by atoms with E-state index in [0.29, 0.717) is 12.4 Å². The lowest BCUT2D eigenvalue weighted by Crippen LogP contribution is -2.15. The Morgan fingerprint density at radius 2 is 2.13 bits per heavy atom. The molecule has 1 aromatic heterocycles. The van der Waals surface area contributed by atoms with E-state index in [9.17, 15) is 0 Å². The molecule has 0 bridgehead atoms. The molecule has 0 atom stereocenters. The Kier molecular flexibility index (Phi) is 3.50. The molecule has 1 aliphatic rings. The summed E-state index contributed by atoms with van der Waals surface area (Å²) in [7, 11) is 0. The smallest absolute Gasteiger partial charge is 0.236 e. The summed E-state index contributed by atoms with van der Waals surface area (Å²) in [5, 5.41) is 0. The SMILES string of the molecule is NCc1nccnc1OCCC1CCC1. The van der Waals surface area contributed by atoms with E-state index in [4.69, 9.17) is 10.5 Å². The van der Waals surface area contributed by atoms with Gasteiger partial charge in [-0.2, -0.15) is 0 Å². The van der Waals surface area contributed by atoms with E-state index in [1.807, 2.05) is 0 Å². The Bertz CT molecular complexity index is 312. The second-order valence-corrected chi connectivity index (χ2v) is 3.95. The summed E-state index contributed by atoms with van der Waals surface area (Å²) in [5.74, 6) is 1.46. The summed E-state index contributed by atoms with van der Waals surface area (Å²) in [6.45, 7) is 1.11. The number of nitrogens with zero attached hydrogens (tertiary/aromatic N) is 2. The van der Waals surface area contributed by atoms with Crippen molar-refractivity contribution >= 4 is 0 Å². The second kappa shape index (κ2) is 5.07. The van der Waals surface area contributed by atoms with Gasteiger partial charge in [-0.05, 0) is 12.3 Å². The van der Waals surface area contributed by atoms with Gasteiger partial charge in [0.05, 0.1) is 6.61 Å². The number of nitrogens with two attached hydrogens (primary N) is 1. The molecule has 0 aliphatic heterocycles. The van der Waals surface area contributed by atoms with Crippen LogP contribution in [-0.4, -0.2) is 16.6 Å². The highest BCUT2D eigenvalue weighted by atomic mass is 16.5. The molecule has 0 radical (unpaired) electrons. The van der Waals surface area contributed by atoms with Crippen molar-refractivity contribution in [2.24, 2.45) is 11.7 Å². The van der Waals surface area contributed by atoms with Crippen molar-refractivity contribution in [3.63, 3.8) is 0 Å². The Labute approximate surface area is 89.9 Å². The van der Waals surface area contributed by atoms with Crippen molar-refractivity contribution < 1.29 is 4.74 Å². The highest BCUT2D eigenvalue weighted by molar-refractivity contribution is 5.16. The van der Waals surface area contributed by atoms with Crippen LogP contribution in [0, 0.1) is 5.92 Å². The molecule has 0 amide bonds. The van der Waals surface area contributed by atoms with Crippen LogP contribution in [0.4, 0.5) is 0 Å². The van der Waals surface area contributed by atoms with Gasteiger partial charge in [0.15, 0.2) is 0 Å². The highest BCUT2D eigenvalue weighted by Crippen LogP contribution is 2.29. The van der Waals surface area contributed by atoms with E-state index in [1.165, 1.54) is 19.3 Å². The van der Waals surface area contributed by atoms with Crippen LogP contribution in [0.15, 0.2) is 12.4 Å². The van der Waals surface area contributed by atoms with E-state index in [-0.39, 0.29) is 0 Å². The third kappa shape index (κ3) is 2.65. The summed E-state index contributed by atoms with van der Waals surface area (Å²) in [5.41, 5.74) is 6.28. The number of hydrogen-bond donors (Lipinski definition) is 1. The van der Waals surface area contributed by atoms with Crippen molar-refractivity contribution in [3.8, 4) is 5.88 Å². The summed E-state index contributed by atoms with van der Waals surface area (Å²) < 4.78 is 5.58. The molecule has 1 heterocycles. The van der Waals surface area contributed by atoms with Crippen LogP contribution in [0.1, 0.15) is 31.4 Å². The highest BCUT2D eigenvalue weighted by Gasteiger charge is 2.17. The van der Waals surface area contributed by atoms with Gasteiger partial charge in [0, 0.05) is 18.9 Å². The largest absolute Gasteiger partial charge is 0.476 e. The summed E-state index contributed by atoms with van der Waals surface area (Å²) >= 11 is 0. The monoisotopic (exact) mass is 207 g/mol. The zero-order chi connectivity index (χ0) is 10.5. The van der Waals surface area contributed by atoms with Gasteiger partial charge >= 0.3 is 0 Å². The maximum Gasteiger partial charge on any atom is 0.236 e. The third-order valence-corrected chi connectivity index (χ3v) is 2.92. The Balaban J connectivity index is 1.81. The fourth-order valence-electron chi connectivity index (χ4n) is 1.72. The van der Waals surface area contributed by atoms with Crippen molar-refractivity contribution in [2.75, 3.05) is 6.61 Å². The molecule has 1 fully saturated rings. The van der Waals surface area contributed by atoms with Crippen molar-refractivity contribution in [3.05, 3.63) is 18.1 Å². The van der Waals surface area contributed by atoms with Crippen LogP contribution in [0.2, 0.25) is 0 Å². The molecule has 1 aromatic rings. The lowest BCUT2D eigenvalue weighted by molar-refractivity contribution is 0.215. The van der Waals surface area contributed by atoms with Crippen molar-refractivity contribution in [1.29, 1.82) is 0 Å². The van der Waals surface area contributed by atoms with Gasteiger partial charge in [0.2, 0.25) is 5.88 Å². The standard InChI is InChI=1S/C11H17N3O/c12-8-10-11(14-6-5-13-10)15-7-4-9-2-1-3-9/h5-6,9H,1-4,7-8,12H2. The van der Waals surface area contributed by atoms with Crippen LogP contribution in [-0.2, 0) is 6.54 Å². The molecule has 0 unspecified atom stereocenters.